The molecule has 124 valence electrons. The van der Waals surface area contributed by atoms with Gasteiger partial charge in [0.25, 0.3) is 0 Å². The number of ketones is 1. The number of furan rings is 1. The molecule has 3 heterocycles. The van der Waals surface area contributed by atoms with Crippen LogP contribution in [0.4, 0.5) is 5.13 Å². The van der Waals surface area contributed by atoms with Crippen LogP contribution in [0, 0.1) is 0 Å². The second kappa shape index (κ2) is 7.20. The van der Waals surface area contributed by atoms with Gasteiger partial charge in [-0.05, 0) is 12.1 Å². The molecule has 1 fully saturated rings. The van der Waals surface area contributed by atoms with E-state index in [1.165, 1.54) is 17.8 Å². The van der Waals surface area contributed by atoms with Crippen molar-refractivity contribution in [2.45, 2.75) is 19.0 Å². The van der Waals surface area contributed by atoms with Crippen molar-refractivity contribution in [3.63, 3.8) is 0 Å². The summed E-state index contributed by atoms with van der Waals surface area (Å²) < 4.78 is 15.1. The number of rotatable bonds is 6. The second-order valence-electron chi connectivity index (χ2n) is 5.69. The lowest BCUT2D eigenvalue weighted by Crippen LogP contribution is -2.46. The van der Waals surface area contributed by atoms with E-state index in [-0.39, 0.29) is 11.8 Å². The van der Waals surface area contributed by atoms with Gasteiger partial charge in [0.05, 0.1) is 26.0 Å². The standard InChI is InChI=1S/C15H20N4O3S/c1-18(2)15-16-14(17-23-15)9-19-5-7-21-10-11(19)8-12(20)13-4-3-6-22-13/h3-4,6,11H,5,7-10H2,1-2H3/t11-/m0/s1. The Balaban J connectivity index is 1.64. The summed E-state index contributed by atoms with van der Waals surface area (Å²) in [6.45, 7) is 2.60. The van der Waals surface area contributed by atoms with E-state index in [4.69, 9.17) is 9.15 Å². The maximum atomic E-state index is 12.3. The third-order valence-electron chi connectivity index (χ3n) is 3.75. The molecule has 0 aromatic carbocycles. The van der Waals surface area contributed by atoms with E-state index in [0.29, 0.717) is 31.9 Å². The fraction of sp³-hybridized carbons (Fsp3) is 0.533. The molecule has 1 saturated heterocycles. The molecule has 1 atom stereocenters. The van der Waals surface area contributed by atoms with Gasteiger partial charge in [0.2, 0.25) is 5.13 Å². The first-order valence-corrected chi connectivity index (χ1v) is 8.29. The number of ether oxygens (including phenoxy) is 1. The number of nitrogens with zero attached hydrogens (tertiary/aromatic N) is 4. The number of hydrogen-bond donors (Lipinski definition) is 0. The Kier molecular flexibility index (Phi) is 5.04. The van der Waals surface area contributed by atoms with Gasteiger partial charge < -0.3 is 14.1 Å². The van der Waals surface area contributed by atoms with Gasteiger partial charge in [-0.15, -0.1) is 0 Å². The highest BCUT2D eigenvalue weighted by Crippen LogP contribution is 2.19. The summed E-state index contributed by atoms with van der Waals surface area (Å²) >= 11 is 1.38. The number of morpholine rings is 1. The van der Waals surface area contributed by atoms with E-state index in [2.05, 4.69) is 14.3 Å². The summed E-state index contributed by atoms with van der Waals surface area (Å²) in [5, 5.41) is 0.886. The molecule has 0 unspecified atom stereocenters. The van der Waals surface area contributed by atoms with Crippen LogP contribution < -0.4 is 4.90 Å². The number of anilines is 1. The summed E-state index contributed by atoms with van der Waals surface area (Å²) in [5.74, 6) is 1.18. The first kappa shape index (κ1) is 16.1. The average Bonchev–Trinajstić information content (AvgIpc) is 3.20. The van der Waals surface area contributed by atoms with Gasteiger partial charge >= 0.3 is 0 Å². The quantitative estimate of drug-likeness (QED) is 0.743. The molecule has 0 bridgehead atoms. The summed E-state index contributed by atoms with van der Waals surface area (Å²) in [6, 6.07) is 3.44. The molecule has 1 aliphatic heterocycles. The molecule has 7 nitrogen and oxygen atoms in total. The topological polar surface area (TPSA) is 71.7 Å². The number of Topliss-reactive ketones (excluding diaryl/α,β-unsaturated/α-hetero) is 1. The van der Waals surface area contributed by atoms with Gasteiger partial charge in [0, 0.05) is 44.6 Å². The van der Waals surface area contributed by atoms with E-state index in [0.717, 1.165) is 17.5 Å². The molecule has 0 aliphatic carbocycles. The third kappa shape index (κ3) is 3.95. The summed E-state index contributed by atoms with van der Waals surface area (Å²) in [5.41, 5.74) is 0. The molecule has 3 rings (SSSR count). The number of carbonyl (C=O) groups is 1. The molecule has 0 N–H and O–H groups in total. The highest BCUT2D eigenvalue weighted by Gasteiger charge is 2.27. The van der Waals surface area contributed by atoms with E-state index in [9.17, 15) is 4.79 Å². The molecular weight excluding hydrogens is 316 g/mol. The zero-order valence-corrected chi connectivity index (χ0v) is 14.1. The van der Waals surface area contributed by atoms with Crippen molar-refractivity contribution in [3.8, 4) is 0 Å². The second-order valence-corrected chi connectivity index (χ2v) is 6.42. The first-order chi connectivity index (χ1) is 11.1. The number of aromatic nitrogens is 2. The lowest BCUT2D eigenvalue weighted by molar-refractivity contribution is -0.0137. The minimum absolute atomic E-state index is 0.00397. The smallest absolute Gasteiger partial charge is 0.204 e. The van der Waals surface area contributed by atoms with Gasteiger partial charge in [-0.2, -0.15) is 4.37 Å². The van der Waals surface area contributed by atoms with Crippen LogP contribution in [0.5, 0.6) is 0 Å². The van der Waals surface area contributed by atoms with Crippen LogP contribution >= 0.6 is 11.5 Å². The Morgan fingerprint density at radius 2 is 2.39 bits per heavy atom. The third-order valence-corrected chi connectivity index (χ3v) is 4.67. The van der Waals surface area contributed by atoms with Crippen molar-refractivity contribution < 1.29 is 13.9 Å². The minimum atomic E-state index is -0.00397. The average molecular weight is 336 g/mol. The van der Waals surface area contributed by atoms with E-state index >= 15 is 0 Å². The highest BCUT2D eigenvalue weighted by atomic mass is 32.1. The van der Waals surface area contributed by atoms with Crippen molar-refractivity contribution >= 4 is 22.4 Å². The lowest BCUT2D eigenvalue weighted by Gasteiger charge is -2.34. The number of carbonyl (C=O) groups excluding carboxylic acids is 1. The van der Waals surface area contributed by atoms with Crippen LogP contribution in [0.25, 0.3) is 0 Å². The maximum Gasteiger partial charge on any atom is 0.204 e. The molecule has 2 aromatic heterocycles. The Hall–Kier alpha value is -1.77. The zero-order valence-electron chi connectivity index (χ0n) is 13.3. The molecule has 1 aliphatic rings. The van der Waals surface area contributed by atoms with Gasteiger partial charge in [0.15, 0.2) is 17.4 Å². The summed E-state index contributed by atoms with van der Waals surface area (Å²) in [7, 11) is 3.90. The van der Waals surface area contributed by atoms with Gasteiger partial charge in [-0.25, -0.2) is 4.98 Å². The maximum absolute atomic E-state index is 12.3. The fourth-order valence-electron chi connectivity index (χ4n) is 2.51. The van der Waals surface area contributed by atoms with Crippen LogP contribution in [0.1, 0.15) is 22.8 Å². The van der Waals surface area contributed by atoms with Crippen LogP contribution in [-0.4, -0.2) is 59.9 Å². The SMILES string of the molecule is CN(C)c1nc(CN2CCOC[C@@H]2CC(=O)c2ccco2)ns1. The predicted molar refractivity (Wildman–Crippen MR) is 86.9 cm³/mol. The fourth-order valence-corrected chi connectivity index (χ4v) is 3.10. The van der Waals surface area contributed by atoms with Crippen molar-refractivity contribution in [2.75, 3.05) is 38.8 Å². The van der Waals surface area contributed by atoms with Crippen LogP contribution in [0.15, 0.2) is 22.8 Å². The summed E-state index contributed by atoms with van der Waals surface area (Å²) in [6.07, 6.45) is 1.89. The monoisotopic (exact) mass is 336 g/mol. The molecule has 2 aromatic rings. The van der Waals surface area contributed by atoms with Gasteiger partial charge in [-0.3, -0.25) is 9.69 Å². The Morgan fingerprint density at radius 1 is 1.52 bits per heavy atom. The van der Waals surface area contributed by atoms with E-state index in [1.807, 2.05) is 19.0 Å². The first-order valence-electron chi connectivity index (χ1n) is 7.52. The molecule has 0 spiro atoms. The number of hydrogen-bond acceptors (Lipinski definition) is 8. The van der Waals surface area contributed by atoms with Crippen molar-refractivity contribution in [1.29, 1.82) is 0 Å². The summed E-state index contributed by atoms with van der Waals surface area (Å²) in [4.78, 5) is 20.9. The minimum Gasteiger partial charge on any atom is -0.461 e. The molecular formula is C15H20N4O3S. The normalized spacial score (nSPS) is 19.0. The zero-order chi connectivity index (χ0) is 16.2. The van der Waals surface area contributed by atoms with Crippen LogP contribution in [0.2, 0.25) is 0 Å². The lowest BCUT2D eigenvalue weighted by atomic mass is 10.1. The van der Waals surface area contributed by atoms with Crippen molar-refractivity contribution in [2.24, 2.45) is 0 Å². The van der Waals surface area contributed by atoms with Crippen LogP contribution in [-0.2, 0) is 11.3 Å². The largest absolute Gasteiger partial charge is 0.461 e. The van der Waals surface area contributed by atoms with Crippen molar-refractivity contribution in [3.05, 3.63) is 30.0 Å². The van der Waals surface area contributed by atoms with E-state index in [1.54, 1.807) is 12.1 Å². The Morgan fingerprint density at radius 3 is 3.09 bits per heavy atom. The highest BCUT2D eigenvalue weighted by molar-refractivity contribution is 7.09. The molecule has 0 saturated carbocycles. The Bertz CT molecular complexity index is 641. The molecule has 0 radical (unpaired) electrons. The van der Waals surface area contributed by atoms with Gasteiger partial charge in [-0.1, -0.05) is 0 Å². The van der Waals surface area contributed by atoms with Gasteiger partial charge in [0.1, 0.15) is 0 Å². The molecule has 0 amide bonds. The molecule has 23 heavy (non-hydrogen) atoms. The van der Waals surface area contributed by atoms with Crippen LogP contribution in [0.3, 0.4) is 0 Å². The van der Waals surface area contributed by atoms with Crippen molar-refractivity contribution in [1.82, 2.24) is 14.3 Å². The Labute approximate surface area is 139 Å². The molecule has 8 heteroatoms. The van der Waals surface area contributed by atoms with E-state index < -0.39 is 0 Å². The predicted octanol–water partition coefficient (Wildman–Crippen LogP) is 1.67.